The molecule has 0 N–H and O–H groups in total. The number of nitrogens with zero attached hydrogens (tertiary/aromatic N) is 1. The molecule has 0 bridgehead atoms. The van der Waals surface area contributed by atoms with Crippen LogP contribution in [0.25, 0.3) is 0 Å². The number of hydrogen-bond donors (Lipinski definition) is 0. The van der Waals surface area contributed by atoms with Crippen LogP contribution in [0, 0.1) is 6.92 Å². The lowest BCUT2D eigenvalue weighted by Gasteiger charge is -2.21. The van der Waals surface area contributed by atoms with Gasteiger partial charge in [-0.05, 0) is 78.5 Å². The van der Waals surface area contributed by atoms with Gasteiger partial charge in [0, 0.05) is 25.1 Å². The Morgan fingerprint density at radius 1 is 1.14 bits per heavy atom. The van der Waals surface area contributed by atoms with Gasteiger partial charge in [-0.1, -0.05) is 78.0 Å². The highest BCUT2D eigenvalue weighted by Gasteiger charge is 2.34. The van der Waals surface area contributed by atoms with E-state index in [9.17, 15) is 9.18 Å². The van der Waals surface area contributed by atoms with Crippen molar-refractivity contribution in [3.63, 3.8) is 0 Å². The SMILES string of the molecule is C=C/C=C(\C=C(\F)C[C@H]1C[C@@H](c2cc(C)c3c(c2)OCO3)CN1CC=O)OC.CC.CCCc1c(CC)cccc1CC. The first kappa shape index (κ1) is 35.8. The Labute approximate surface area is 259 Å². The molecule has 2 aliphatic heterocycles. The summed E-state index contributed by atoms with van der Waals surface area (Å²) in [5.41, 5.74) is 6.85. The highest BCUT2D eigenvalue weighted by atomic mass is 19.1. The first-order chi connectivity index (χ1) is 20.9. The molecule has 0 saturated carbocycles. The second-order valence-electron chi connectivity index (χ2n) is 10.6. The van der Waals surface area contributed by atoms with Crippen LogP contribution in [0.5, 0.6) is 11.5 Å². The van der Waals surface area contributed by atoms with Gasteiger partial charge in [-0.2, -0.15) is 0 Å². The monoisotopic (exact) mass is 593 g/mol. The third-order valence-corrected chi connectivity index (χ3v) is 7.87. The van der Waals surface area contributed by atoms with Gasteiger partial charge in [-0.25, -0.2) is 4.39 Å². The van der Waals surface area contributed by atoms with Crippen molar-refractivity contribution in [1.82, 2.24) is 4.90 Å². The average Bonchev–Trinajstić information content (AvgIpc) is 3.66. The number of allylic oxidation sites excluding steroid dienone is 3. The number of halogens is 1. The van der Waals surface area contributed by atoms with Crippen LogP contribution >= 0.6 is 0 Å². The number of benzene rings is 2. The minimum absolute atomic E-state index is 0.0565. The van der Waals surface area contributed by atoms with Gasteiger partial charge in [-0.3, -0.25) is 4.90 Å². The van der Waals surface area contributed by atoms with Crippen LogP contribution in [0.15, 0.2) is 66.7 Å². The Morgan fingerprint density at radius 3 is 2.42 bits per heavy atom. The molecule has 2 heterocycles. The molecule has 0 aromatic heterocycles. The van der Waals surface area contributed by atoms with Crippen LogP contribution in [0.1, 0.15) is 87.6 Å². The third-order valence-electron chi connectivity index (χ3n) is 7.87. The van der Waals surface area contributed by atoms with Crippen LogP contribution in [0.2, 0.25) is 0 Å². The molecule has 6 heteroatoms. The predicted molar refractivity (Wildman–Crippen MR) is 176 cm³/mol. The number of aryl methyl sites for hydroxylation is 3. The van der Waals surface area contributed by atoms with Crippen molar-refractivity contribution in [3.8, 4) is 11.5 Å². The molecule has 0 spiro atoms. The molecule has 0 amide bonds. The second kappa shape index (κ2) is 19.0. The summed E-state index contributed by atoms with van der Waals surface area (Å²) in [6, 6.07) is 10.8. The van der Waals surface area contributed by atoms with Crippen molar-refractivity contribution in [2.45, 2.75) is 92.0 Å². The number of likely N-dealkylation sites (tertiary alicyclic amines) is 1. The molecule has 0 radical (unpaired) electrons. The summed E-state index contributed by atoms with van der Waals surface area (Å²) in [4.78, 5) is 13.2. The van der Waals surface area contributed by atoms with Gasteiger partial charge in [-0.15, -0.1) is 0 Å². The van der Waals surface area contributed by atoms with Crippen LogP contribution in [-0.2, 0) is 28.8 Å². The number of ether oxygens (including phenoxy) is 3. The van der Waals surface area contributed by atoms with E-state index in [1.54, 1.807) is 28.8 Å². The Morgan fingerprint density at radius 2 is 1.84 bits per heavy atom. The molecule has 0 unspecified atom stereocenters. The molecule has 4 rings (SSSR count). The molecule has 2 aliphatic rings. The van der Waals surface area contributed by atoms with Gasteiger partial charge in [0.1, 0.15) is 17.9 Å². The smallest absolute Gasteiger partial charge is 0.231 e. The molecule has 5 nitrogen and oxygen atoms in total. The first-order valence-corrected chi connectivity index (χ1v) is 15.8. The maximum atomic E-state index is 14.6. The number of carbonyl (C=O) groups excluding carboxylic acids is 1. The first-order valence-electron chi connectivity index (χ1n) is 15.8. The summed E-state index contributed by atoms with van der Waals surface area (Å²) in [5.74, 6) is 1.88. The zero-order chi connectivity index (χ0) is 31.8. The van der Waals surface area contributed by atoms with Crippen molar-refractivity contribution in [1.29, 1.82) is 0 Å². The van der Waals surface area contributed by atoms with Crippen LogP contribution in [0.4, 0.5) is 4.39 Å². The molecular weight excluding hydrogens is 541 g/mol. The molecule has 2 atom stereocenters. The van der Waals surface area contributed by atoms with Crippen LogP contribution in [0.3, 0.4) is 0 Å². The highest BCUT2D eigenvalue weighted by molar-refractivity contribution is 5.53. The summed E-state index contributed by atoms with van der Waals surface area (Å²) in [6.07, 6.45) is 11.2. The van der Waals surface area contributed by atoms with Gasteiger partial charge in [0.2, 0.25) is 6.79 Å². The third kappa shape index (κ3) is 10.1. The van der Waals surface area contributed by atoms with Crippen LogP contribution < -0.4 is 9.47 Å². The van der Waals surface area contributed by atoms with E-state index in [-0.39, 0.29) is 37.5 Å². The van der Waals surface area contributed by atoms with E-state index in [4.69, 9.17) is 14.2 Å². The highest BCUT2D eigenvalue weighted by Crippen LogP contribution is 2.41. The number of rotatable bonds is 12. The largest absolute Gasteiger partial charge is 0.497 e. The van der Waals surface area contributed by atoms with E-state index in [1.165, 1.54) is 38.9 Å². The Bertz CT molecular complexity index is 1210. The molecule has 1 saturated heterocycles. The number of methoxy groups -OCH3 is 1. The van der Waals surface area contributed by atoms with Crippen molar-refractivity contribution < 1.29 is 23.4 Å². The summed E-state index contributed by atoms with van der Waals surface area (Å²) in [5, 5.41) is 0. The summed E-state index contributed by atoms with van der Waals surface area (Å²) >= 11 is 0. The maximum Gasteiger partial charge on any atom is 0.231 e. The van der Waals surface area contributed by atoms with Crippen molar-refractivity contribution in [2.24, 2.45) is 0 Å². The van der Waals surface area contributed by atoms with E-state index >= 15 is 0 Å². The fourth-order valence-corrected chi connectivity index (χ4v) is 5.86. The Kier molecular flexibility index (Phi) is 15.8. The lowest BCUT2D eigenvalue weighted by molar-refractivity contribution is -0.109. The fraction of sp³-hybridized carbons (Fsp3) is 0.486. The minimum atomic E-state index is -0.279. The van der Waals surface area contributed by atoms with Crippen molar-refractivity contribution in [3.05, 3.63) is 94.5 Å². The number of hydrogen-bond acceptors (Lipinski definition) is 5. The summed E-state index contributed by atoms with van der Waals surface area (Å²) in [6.45, 7) is 17.6. The predicted octanol–water partition coefficient (Wildman–Crippen LogP) is 8.83. The van der Waals surface area contributed by atoms with Gasteiger partial charge in [0.15, 0.2) is 11.5 Å². The van der Waals surface area contributed by atoms with E-state index in [0.717, 1.165) is 35.3 Å². The standard InChI is InChI=1S/C22H26FNO4.C13H20.C2H6/c1-4-5-20(26-3)12-18(23)11-19-9-17(13-24(19)6-7-25)16-8-15(2)22-21(10-16)27-14-28-22;1-4-8-13-11(5-2)9-7-10-12(13)6-3;1-2/h4-5,7-8,10,12,17,19H,1,6,9,11,13-14H2,2-3H3;7,9-10H,4-6,8H2,1-3H3;1-2H3/b18-12+,20-5+;;/t17-,19-;;/m1../s1. The molecule has 43 heavy (non-hydrogen) atoms. The summed E-state index contributed by atoms with van der Waals surface area (Å²) in [7, 11) is 1.49. The van der Waals surface area contributed by atoms with Crippen molar-refractivity contribution >= 4 is 6.29 Å². The minimum Gasteiger partial charge on any atom is -0.497 e. The molecule has 2 aromatic carbocycles. The number of fused-ring (bicyclic) bond motifs is 1. The van der Waals surface area contributed by atoms with Gasteiger partial charge < -0.3 is 19.0 Å². The number of aldehydes is 1. The van der Waals surface area contributed by atoms with Crippen molar-refractivity contribution in [2.75, 3.05) is 27.0 Å². The topological polar surface area (TPSA) is 48.0 Å². The molecule has 236 valence electrons. The van der Waals surface area contributed by atoms with Gasteiger partial charge in [0.25, 0.3) is 0 Å². The fourth-order valence-electron chi connectivity index (χ4n) is 5.86. The zero-order valence-electron chi connectivity index (χ0n) is 27.4. The van der Waals surface area contributed by atoms with E-state index in [0.29, 0.717) is 12.3 Å². The number of carbonyl (C=O) groups is 1. The zero-order valence-corrected chi connectivity index (χ0v) is 27.4. The van der Waals surface area contributed by atoms with E-state index < -0.39 is 0 Å². The molecular formula is C37H52FNO4. The van der Waals surface area contributed by atoms with E-state index in [2.05, 4.69) is 51.6 Å². The lowest BCUT2D eigenvalue weighted by atomic mass is 9.93. The van der Waals surface area contributed by atoms with E-state index in [1.807, 2.05) is 31.7 Å². The van der Waals surface area contributed by atoms with Gasteiger partial charge >= 0.3 is 0 Å². The second-order valence-corrected chi connectivity index (χ2v) is 10.6. The molecule has 1 fully saturated rings. The Balaban J connectivity index is 0.000000360. The van der Waals surface area contributed by atoms with Gasteiger partial charge in [0.05, 0.1) is 13.7 Å². The lowest BCUT2D eigenvalue weighted by Crippen LogP contribution is -2.31. The molecule has 0 aliphatic carbocycles. The maximum absolute atomic E-state index is 14.6. The molecule has 2 aromatic rings. The Hall–Kier alpha value is -3.38. The normalized spacial score (nSPS) is 17.9. The average molecular weight is 594 g/mol. The summed E-state index contributed by atoms with van der Waals surface area (Å²) < 4.78 is 30.7. The quantitative estimate of drug-likeness (QED) is 0.140. The van der Waals surface area contributed by atoms with Crippen LogP contribution in [-0.4, -0.2) is 44.2 Å².